The highest BCUT2D eigenvalue weighted by atomic mass is 16.3. The van der Waals surface area contributed by atoms with Gasteiger partial charge in [0.25, 0.3) is 5.91 Å². The molecule has 5 heteroatoms. The molecule has 3 N–H and O–H groups in total. The maximum absolute atomic E-state index is 13.0. The zero-order valence-corrected chi connectivity index (χ0v) is 19.5. The second-order valence-corrected chi connectivity index (χ2v) is 9.87. The maximum Gasteiger partial charge on any atom is 0.255 e. The van der Waals surface area contributed by atoms with Crippen LogP contribution in [0.15, 0.2) is 36.5 Å². The fourth-order valence-corrected chi connectivity index (χ4v) is 6.26. The first-order chi connectivity index (χ1) is 15.3. The summed E-state index contributed by atoms with van der Waals surface area (Å²) in [4.78, 5) is 17.2. The molecule has 2 aliphatic rings. The molecule has 0 saturated heterocycles. The number of aliphatic hydroxyl groups is 2. The summed E-state index contributed by atoms with van der Waals surface area (Å²) < 4.78 is 0. The number of nitrogens with zero attached hydrogens (tertiary/aromatic N) is 1. The highest BCUT2D eigenvalue weighted by Gasteiger charge is 2.50. The monoisotopic (exact) mass is 436 g/mol. The normalized spacial score (nSPS) is 29.5. The lowest BCUT2D eigenvalue weighted by molar-refractivity contribution is -0.0549. The second-order valence-electron chi connectivity index (χ2n) is 9.87. The van der Waals surface area contributed by atoms with E-state index in [-0.39, 0.29) is 11.3 Å². The van der Waals surface area contributed by atoms with Gasteiger partial charge >= 0.3 is 0 Å². The average molecular weight is 437 g/mol. The molecule has 5 nitrogen and oxygen atoms in total. The van der Waals surface area contributed by atoms with Crippen molar-refractivity contribution in [3.63, 3.8) is 0 Å². The minimum absolute atomic E-state index is 0.0538. The zero-order chi connectivity index (χ0) is 22.9. The summed E-state index contributed by atoms with van der Waals surface area (Å²) in [6, 6.07) is 9.48. The first-order valence-corrected chi connectivity index (χ1v) is 12.1. The van der Waals surface area contributed by atoms with Gasteiger partial charge in [-0.05, 0) is 98.6 Å². The van der Waals surface area contributed by atoms with Crippen LogP contribution < -0.4 is 5.32 Å². The van der Waals surface area contributed by atoms with Crippen LogP contribution >= 0.6 is 0 Å². The Hall–Kier alpha value is -2.24. The lowest BCUT2D eigenvalue weighted by atomic mass is 9.56. The van der Waals surface area contributed by atoms with Crippen LogP contribution in [-0.2, 0) is 5.41 Å². The van der Waals surface area contributed by atoms with Crippen molar-refractivity contribution in [1.82, 2.24) is 4.98 Å². The number of pyridine rings is 1. The van der Waals surface area contributed by atoms with E-state index in [1.165, 1.54) is 5.56 Å². The van der Waals surface area contributed by atoms with Crippen molar-refractivity contribution in [2.45, 2.75) is 89.3 Å². The molecule has 1 heterocycles. The van der Waals surface area contributed by atoms with Gasteiger partial charge in [-0.15, -0.1) is 0 Å². The van der Waals surface area contributed by atoms with Crippen LogP contribution in [0.1, 0.15) is 98.5 Å². The molecule has 0 radical (unpaired) electrons. The summed E-state index contributed by atoms with van der Waals surface area (Å²) in [6.07, 6.45) is 7.97. The molecule has 4 atom stereocenters. The number of aliphatic hydroxyl groups excluding tert-OH is 1. The van der Waals surface area contributed by atoms with Crippen molar-refractivity contribution in [3.8, 4) is 0 Å². The number of nitrogens with one attached hydrogen (secondary N) is 1. The van der Waals surface area contributed by atoms with Gasteiger partial charge < -0.3 is 15.5 Å². The van der Waals surface area contributed by atoms with Gasteiger partial charge in [-0.3, -0.25) is 9.78 Å². The van der Waals surface area contributed by atoms with Crippen LogP contribution in [0.2, 0.25) is 0 Å². The van der Waals surface area contributed by atoms with Crippen molar-refractivity contribution in [1.29, 1.82) is 0 Å². The van der Waals surface area contributed by atoms with Crippen LogP contribution in [0.3, 0.4) is 0 Å². The number of hydrogen-bond acceptors (Lipinski definition) is 4. The average Bonchev–Trinajstić information content (AvgIpc) is 2.90. The Morgan fingerprint density at radius 1 is 1.22 bits per heavy atom. The van der Waals surface area contributed by atoms with E-state index in [9.17, 15) is 15.0 Å². The number of carbonyl (C=O) groups is 1. The van der Waals surface area contributed by atoms with Gasteiger partial charge in [0.2, 0.25) is 0 Å². The number of anilines is 1. The summed E-state index contributed by atoms with van der Waals surface area (Å²) in [5.41, 5.74) is 3.42. The van der Waals surface area contributed by atoms with Crippen LogP contribution in [0.25, 0.3) is 0 Å². The number of amides is 1. The van der Waals surface area contributed by atoms with E-state index in [2.05, 4.69) is 30.2 Å². The smallest absolute Gasteiger partial charge is 0.255 e. The van der Waals surface area contributed by atoms with E-state index < -0.39 is 11.7 Å². The van der Waals surface area contributed by atoms with Gasteiger partial charge in [-0.2, -0.15) is 0 Å². The van der Waals surface area contributed by atoms with Crippen molar-refractivity contribution in [2.24, 2.45) is 5.92 Å². The van der Waals surface area contributed by atoms with Crippen molar-refractivity contribution >= 4 is 11.6 Å². The molecule has 4 unspecified atom stereocenters. The molecule has 32 heavy (non-hydrogen) atoms. The van der Waals surface area contributed by atoms with E-state index >= 15 is 0 Å². The quantitative estimate of drug-likeness (QED) is 0.582. The van der Waals surface area contributed by atoms with Crippen LogP contribution in [0.5, 0.6) is 0 Å². The third kappa shape index (κ3) is 4.08. The number of aryl methyl sites for hydroxylation is 1. The second kappa shape index (κ2) is 8.95. The molecule has 0 bridgehead atoms. The van der Waals surface area contributed by atoms with Crippen LogP contribution in [0.4, 0.5) is 5.69 Å². The van der Waals surface area contributed by atoms with Gasteiger partial charge in [0.15, 0.2) is 0 Å². The van der Waals surface area contributed by atoms with Crippen molar-refractivity contribution in [3.05, 3.63) is 58.9 Å². The van der Waals surface area contributed by atoms with Crippen molar-refractivity contribution < 1.29 is 15.0 Å². The Morgan fingerprint density at radius 3 is 2.75 bits per heavy atom. The molecule has 1 aromatic heterocycles. The minimum atomic E-state index is -0.592. The molecule has 2 aromatic rings. The van der Waals surface area contributed by atoms with Crippen molar-refractivity contribution in [2.75, 3.05) is 5.32 Å². The number of aromatic nitrogens is 1. The maximum atomic E-state index is 13.0. The van der Waals surface area contributed by atoms with Gasteiger partial charge in [-0.25, -0.2) is 0 Å². The third-order valence-corrected chi connectivity index (χ3v) is 8.04. The van der Waals surface area contributed by atoms with Gasteiger partial charge in [0, 0.05) is 11.8 Å². The molecule has 2 aliphatic carbocycles. The SMILES string of the molecule is CCCC1(O)CCC2(CC)c3ccc(C(=O)Nc4cccnc4C)cc3C(O)CCC2C1. The number of benzene rings is 1. The standard InChI is InChI=1S/C27H36N2O3/c1-4-12-26(32)13-14-27(5-2)20(17-26)9-11-24(30)21-16-19(8-10-22(21)27)25(31)29-23-7-6-15-28-18(23)3/h6-8,10,15-16,20,24,30,32H,4-5,9,11-14,17H2,1-3H3,(H,29,31). The van der Waals surface area contributed by atoms with Crippen LogP contribution in [0, 0.1) is 12.8 Å². The highest BCUT2D eigenvalue weighted by molar-refractivity contribution is 6.04. The predicted octanol–water partition coefficient (Wildman–Crippen LogP) is 5.45. The molecule has 0 aliphatic heterocycles. The van der Waals surface area contributed by atoms with E-state index in [1.807, 2.05) is 25.1 Å². The predicted molar refractivity (Wildman–Crippen MR) is 127 cm³/mol. The minimum Gasteiger partial charge on any atom is -0.390 e. The topological polar surface area (TPSA) is 82.5 Å². The first-order valence-electron chi connectivity index (χ1n) is 12.1. The van der Waals surface area contributed by atoms with Gasteiger partial charge in [0.1, 0.15) is 0 Å². The first kappa shape index (κ1) is 22.9. The summed E-state index contributed by atoms with van der Waals surface area (Å²) in [5.74, 6) is 0.148. The summed E-state index contributed by atoms with van der Waals surface area (Å²) in [5, 5.41) is 25.2. The Morgan fingerprint density at radius 2 is 2.03 bits per heavy atom. The van der Waals surface area contributed by atoms with Crippen LogP contribution in [-0.4, -0.2) is 26.7 Å². The summed E-state index contributed by atoms with van der Waals surface area (Å²) in [6.45, 7) is 6.22. The summed E-state index contributed by atoms with van der Waals surface area (Å²) in [7, 11) is 0. The number of carbonyl (C=O) groups excluding carboxylic acids is 1. The van der Waals surface area contributed by atoms with Gasteiger partial charge in [0.05, 0.1) is 23.1 Å². The molecule has 0 spiro atoms. The number of fused-ring (bicyclic) bond motifs is 3. The highest BCUT2D eigenvalue weighted by Crippen LogP contribution is 2.55. The lowest BCUT2D eigenvalue weighted by Crippen LogP contribution is -2.47. The molecule has 1 saturated carbocycles. The van der Waals surface area contributed by atoms with E-state index in [0.717, 1.165) is 56.2 Å². The van der Waals surface area contributed by atoms with Gasteiger partial charge in [-0.1, -0.05) is 26.3 Å². The van der Waals surface area contributed by atoms with E-state index in [4.69, 9.17) is 0 Å². The van der Waals surface area contributed by atoms with E-state index in [1.54, 1.807) is 12.3 Å². The molecule has 1 fully saturated rings. The summed E-state index contributed by atoms with van der Waals surface area (Å²) >= 11 is 0. The zero-order valence-electron chi connectivity index (χ0n) is 19.5. The Labute approximate surface area is 191 Å². The largest absolute Gasteiger partial charge is 0.390 e. The number of rotatable bonds is 5. The fraction of sp³-hybridized carbons (Fsp3) is 0.556. The Kier molecular flexibility index (Phi) is 6.42. The molecular weight excluding hydrogens is 400 g/mol. The Bertz CT molecular complexity index is 991. The molecular formula is C27H36N2O3. The lowest BCUT2D eigenvalue weighted by Gasteiger charge is -2.50. The molecule has 4 rings (SSSR count). The molecule has 1 aromatic carbocycles. The number of hydrogen-bond donors (Lipinski definition) is 3. The molecule has 1 amide bonds. The third-order valence-electron chi connectivity index (χ3n) is 8.04. The molecule has 172 valence electrons. The Balaban J connectivity index is 1.68. The fourth-order valence-electron chi connectivity index (χ4n) is 6.26. The van der Waals surface area contributed by atoms with E-state index in [0.29, 0.717) is 23.6 Å².